The first-order valence-corrected chi connectivity index (χ1v) is 4.11. The summed E-state index contributed by atoms with van der Waals surface area (Å²) in [5.41, 5.74) is 5.25. The molecule has 0 aliphatic rings. The van der Waals surface area contributed by atoms with E-state index in [4.69, 9.17) is 0 Å². The number of carbonyl (C=O) groups excluding carboxylic acids is 2. The third kappa shape index (κ3) is 4.01. The second kappa shape index (κ2) is 6.11. The Kier molecular flexibility index (Phi) is 5.50. The minimum atomic E-state index is -0.287. The Morgan fingerprint density at radius 1 is 0.929 bits per heavy atom. The summed E-state index contributed by atoms with van der Waals surface area (Å²) < 4.78 is 0. The predicted octanol–water partition coefficient (Wildman–Crippen LogP) is -1.27. The first-order chi connectivity index (χ1) is 6.52. The van der Waals surface area contributed by atoms with Gasteiger partial charge in [-0.15, -0.1) is 0 Å². The SMILES string of the molecule is CNN(C)C(=O)C=CC(=O)N(C)NC. The minimum Gasteiger partial charge on any atom is -0.278 e. The summed E-state index contributed by atoms with van der Waals surface area (Å²) >= 11 is 0. The maximum atomic E-state index is 11.2. The molecule has 2 amide bonds. The van der Waals surface area contributed by atoms with Gasteiger partial charge in [-0.2, -0.15) is 0 Å². The van der Waals surface area contributed by atoms with Crippen LogP contribution < -0.4 is 10.9 Å². The number of carbonyl (C=O) groups is 2. The van der Waals surface area contributed by atoms with E-state index in [1.54, 1.807) is 28.2 Å². The zero-order valence-corrected chi connectivity index (χ0v) is 8.87. The van der Waals surface area contributed by atoms with Gasteiger partial charge in [-0.3, -0.25) is 19.6 Å². The van der Waals surface area contributed by atoms with Crippen molar-refractivity contribution in [3.05, 3.63) is 12.2 Å². The summed E-state index contributed by atoms with van der Waals surface area (Å²) in [6.45, 7) is 0. The molecule has 0 radical (unpaired) electrons. The number of hydrogen-bond acceptors (Lipinski definition) is 4. The topological polar surface area (TPSA) is 64.7 Å². The molecule has 0 saturated carbocycles. The Bertz CT molecular complexity index is 215. The van der Waals surface area contributed by atoms with E-state index in [9.17, 15) is 9.59 Å². The molecule has 0 aliphatic carbocycles. The van der Waals surface area contributed by atoms with Gasteiger partial charge < -0.3 is 0 Å². The standard InChI is InChI=1S/C8H16N4O2/c1-9-11(3)7(13)5-6-8(14)12(4)10-2/h5-6,9-10H,1-4H3. The highest BCUT2D eigenvalue weighted by Crippen LogP contribution is 1.85. The molecular weight excluding hydrogens is 184 g/mol. The Labute approximate surface area is 83.5 Å². The lowest BCUT2D eigenvalue weighted by Crippen LogP contribution is -2.37. The maximum Gasteiger partial charge on any atom is 0.260 e. The minimum absolute atomic E-state index is 0.287. The van der Waals surface area contributed by atoms with Gasteiger partial charge >= 0.3 is 0 Å². The molecule has 6 heteroatoms. The molecule has 0 atom stereocenters. The molecule has 6 nitrogen and oxygen atoms in total. The summed E-state index contributed by atoms with van der Waals surface area (Å²) in [7, 11) is 6.37. The molecule has 0 aliphatic heterocycles. The van der Waals surface area contributed by atoms with Gasteiger partial charge in [0.15, 0.2) is 0 Å². The molecule has 14 heavy (non-hydrogen) atoms. The quantitative estimate of drug-likeness (QED) is 0.438. The summed E-state index contributed by atoms with van der Waals surface area (Å²) in [6, 6.07) is 0. The van der Waals surface area contributed by atoms with E-state index in [0.717, 1.165) is 0 Å². The van der Waals surface area contributed by atoms with Gasteiger partial charge in [0.1, 0.15) is 0 Å². The lowest BCUT2D eigenvalue weighted by atomic mass is 10.4. The Hall–Kier alpha value is -1.40. The number of rotatable bonds is 4. The first-order valence-electron chi connectivity index (χ1n) is 4.11. The average molecular weight is 200 g/mol. The summed E-state index contributed by atoms with van der Waals surface area (Å²) in [6.07, 6.45) is 2.40. The van der Waals surface area contributed by atoms with Crippen molar-refractivity contribution >= 4 is 11.8 Å². The van der Waals surface area contributed by atoms with Crippen molar-refractivity contribution in [1.29, 1.82) is 0 Å². The fourth-order valence-electron chi connectivity index (χ4n) is 0.587. The van der Waals surface area contributed by atoms with Crippen LogP contribution >= 0.6 is 0 Å². The summed E-state index contributed by atoms with van der Waals surface area (Å²) in [5, 5.41) is 2.53. The van der Waals surface area contributed by atoms with Crippen LogP contribution in [0, 0.1) is 0 Å². The molecule has 80 valence electrons. The summed E-state index contributed by atoms with van der Waals surface area (Å²) in [5.74, 6) is -0.573. The van der Waals surface area contributed by atoms with E-state index in [0.29, 0.717) is 0 Å². The van der Waals surface area contributed by atoms with Crippen molar-refractivity contribution in [2.45, 2.75) is 0 Å². The second-order valence-corrected chi connectivity index (χ2v) is 2.58. The molecule has 0 saturated heterocycles. The number of amides is 2. The van der Waals surface area contributed by atoms with Crippen molar-refractivity contribution in [2.24, 2.45) is 0 Å². The van der Waals surface area contributed by atoms with Gasteiger partial charge in [-0.05, 0) is 0 Å². The number of hydrogen-bond donors (Lipinski definition) is 2. The number of nitrogens with zero attached hydrogens (tertiary/aromatic N) is 2. The Morgan fingerprint density at radius 2 is 1.21 bits per heavy atom. The Morgan fingerprint density at radius 3 is 1.43 bits per heavy atom. The molecule has 0 fully saturated rings. The zero-order valence-electron chi connectivity index (χ0n) is 8.87. The van der Waals surface area contributed by atoms with E-state index in [1.807, 2.05) is 0 Å². The van der Waals surface area contributed by atoms with E-state index in [2.05, 4.69) is 10.9 Å². The largest absolute Gasteiger partial charge is 0.278 e. The van der Waals surface area contributed by atoms with E-state index in [-0.39, 0.29) is 11.8 Å². The highest BCUT2D eigenvalue weighted by molar-refractivity contribution is 5.96. The monoisotopic (exact) mass is 200 g/mol. The van der Waals surface area contributed by atoms with Gasteiger partial charge in [-0.1, -0.05) is 0 Å². The van der Waals surface area contributed by atoms with Crippen molar-refractivity contribution in [3.63, 3.8) is 0 Å². The third-order valence-electron chi connectivity index (χ3n) is 1.70. The van der Waals surface area contributed by atoms with E-state index in [1.165, 1.54) is 22.2 Å². The van der Waals surface area contributed by atoms with Crippen LogP contribution in [0.2, 0.25) is 0 Å². The van der Waals surface area contributed by atoms with Crippen LogP contribution in [0.15, 0.2) is 12.2 Å². The molecule has 0 heterocycles. The number of hydrazine groups is 2. The molecule has 0 rings (SSSR count). The molecule has 0 bridgehead atoms. The maximum absolute atomic E-state index is 11.2. The number of nitrogens with one attached hydrogen (secondary N) is 2. The first kappa shape index (κ1) is 12.6. The molecule has 0 aromatic carbocycles. The zero-order chi connectivity index (χ0) is 11.1. The number of likely N-dealkylation sites (N-methyl/N-ethyl adjacent to an activating group) is 2. The van der Waals surface area contributed by atoms with Crippen LogP contribution in [0.3, 0.4) is 0 Å². The van der Waals surface area contributed by atoms with Gasteiger partial charge in [0, 0.05) is 40.3 Å². The van der Waals surface area contributed by atoms with Crippen LogP contribution in [0.1, 0.15) is 0 Å². The lowest BCUT2D eigenvalue weighted by Gasteiger charge is -2.13. The van der Waals surface area contributed by atoms with Gasteiger partial charge in [-0.25, -0.2) is 10.9 Å². The van der Waals surface area contributed by atoms with E-state index < -0.39 is 0 Å². The predicted molar refractivity (Wildman–Crippen MR) is 52.8 cm³/mol. The van der Waals surface area contributed by atoms with E-state index >= 15 is 0 Å². The highest BCUT2D eigenvalue weighted by atomic mass is 16.2. The highest BCUT2D eigenvalue weighted by Gasteiger charge is 2.04. The van der Waals surface area contributed by atoms with Gasteiger partial charge in [0.25, 0.3) is 11.8 Å². The molecular formula is C8H16N4O2. The fraction of sp³-hybridized carbons (Fsp3) is 0.500. The Balaban J connectivity index is 4.17. The third-order valence-corrected chi connectivity index (χ3v) is 1.70. The van der Waals surface area contributed by atoms with Crippen molar-refractivity contribution in [2.75, 3.05) is 28.2 Å². The van der Waals surface area contributed by atoms with Gasteiger partial charge in [0.2, 0.25) is 0 Å². The normalized spacial score (nSPS) is 10.3. The summed E-state index contributed by atoms with van der Waals surface area (Å²) in [4.78, 5) is 22.3. The van der Waals surface area contributed by atoms with Crippen molar-refractivity contribution < 1.29 is 9.59 Å². The molecule has 0 spiro atoms. The van der Waals surface area contributed by atoms with Crippen LogP contribution in [0.4, 0.5) is 0 Å². The second-order valence-electron chi connectivity index (χ2n) is 2.58. The van der Waals surface area contributed by atoms with Crippen LogP contribution in [0.5, 0.6) is 0 Å². The van der Waals surface area contributed by atoms with Crippen LogP contribution in [-0.4, -0.2) is 50.0 Å². The smallest absolute Gasteiger partial charge is 0.260 e. The molecule has 0 unspecified atom stereocenters. The van der Waals surface area contributed by atoms with Crippen LogP contribution in [0.25, 0.3) is 0 Å². The molecule has 2 N–H and O–H groups in total. The lowest BCUT2D eigenvalue weighted by molar-refractivity contribution is -0.129. The van der Waals surface area contributed by atoms with Gasteiger partial charge in [0.05, 0.1) is 0 Å². The van der Waals surface area contributed by atoms with Crippen molar-refractivity contribution in [1.82, 2.24) is 20.9 Å². The average Bonchev–Trinajstić information content (AvgIpc) is 2.22. The fourth-order valence-corrected chi connectivity index (χ4v) is 0.587. The molecule has 0 aromatic rings. The van der Waals surface area contributed by atoms with Crippen LogP contribution in [-0.2, 0) is 9.59 Å². The van der Waals surface area contributed by atoms with Crippen molar-refractivity contribution in [3.8, 4) is 0 Å². The molecule has 0 aromatic heterocycles.